The summed E-state index contributed by atoms with van der Waals surface area (Å²) in [6.45, 7) is 6.96. The second kappa shape index (κ2) is 7.42. The molecule has 0 amide bonds. The lowest BCUT2D eigenvalue weighted by atomic mass is 9.71. The predicted molar refractivity (Wildman–Crippen MR) is 84.4 cm³/mol. The minimum atomic E-state index is -0.332. The Bertz CT molecular complexity index is 496. The SMILES string of the molecule is CC(=O)OCC1=C(C)[C@H](OC(C)=O)CC[C@@]1(C)/C=N/N(C)C. The van der Waals surface area contributed by atoms with Crippen LogP contribution in [0.1, 0.15) is 40.5 Å². The quantitative estimate of drug-likeness (QED) is 0.337. The fourth-order valence-corrected chi connectivity index (χ4v) is 2.63. The van der Waals surface area contributed by atoms with Crippen molar-refractivity contribution in [3.05, 3.63) is 11.1 Å². The largest absolute Gasteiger partial charge is 0.461 e. The van der Waals surface area contributed by atoms with E-state index in [4.69, 9.17) is 9.47 Å². The first-order chi connectivity index (χ1) is 10.2. The van der Waals surface area contributed by atoms with Crippen molar-refractivity contribution in [3.8, 4) is 0 Å². The Morgan fingerprint density at radius 3 is 2.50 bits per heavy atom. The Balaban J connectivity index is 3.13. The summed E-state index contributed by atoms with van der Waals surface area (Å²) in [5, 5.41) is 6.07. The first kappa shape index (κ1) is 18.2. The number of hydrazone groups is 1. The zero-order chi connectivity index (χ0) is 16.9. The number of nitrogens with zero attached hydrogens (tertiary/aromatic N) is 2. The average molecular weight is 310 g/mol. The molecular formula is C16H26N2O4. The van der Waals surface area contributed by atoms with E-state index in [9.17, 15) is 9.59 Å². The molecule has 6 heteroatoms. The third-order valence-corrected chi connectivity index (χ3v) is 3.88. The molecule has 0 radical (unpaired) electrons. The van der Waals surface area contributed by atoms with E-state index in [-0.39, 0.29) is 30.1 Å². The van der Waals surface area contributed by atoms with Gasteiger partial charge in [0.05, 0.1) is 0 Å². The number of hydrogen-bond acceptors (Lipinski definition) is 6. The first-order valence-corrected chi connectivity index (χ1v) is 7.39. The van der Waals surface area contributed by atoms with Crippen molar-refractivity contribution in [1.82, 2.24) is 5.01 Å². The van der Waals surface area contributed by atoms with Gasteiger partial charge in [0.25, 0.3) is 0 Å². The number of ether oxygens (including phenoxy) is 2. The zero-order valence-corrected chi connectivity index (χ0v) is 14.3. The Kier molecular flexibility index (Phi) is 6.14. The Hall–Kier alpha value is -1.85. The van der Waals surface area contributed by atoms with E-state index in [0.717, 1.165) is 24.0 Å². The lowest BCUT2D eigenvalue weighted by Crippen LogP contribution is -2.36. The maximum Gasteiger partial charge on any atom is 0.303 e. The van der Waals surface area contributed by atoms with Crippen molar-refractivity contribution in [2.45, 2.75) is 46.6 Å². The lowest BCUT2D eigenvalue weighted by Gasteiger charge is -2.37. The van der Waals surface area contributed by atoms with Gasteiger partial charge in [-0.05, 0) is 30.9 Å². The molecule has 2 atom stereocenters. The van der Waals surface area contributed by atoms with Gasteiger partial charge in [0.2, 0.25) is 0 Å². The fraction of sp³-hybridized carbons (Fsp3) is 0.688. The van der Waals surface area contributed by atoms with Gasteiger partial charge in [0.1, 0.15) is 12.7 Å². The molecular weight excluding hydrogens is 284 g/mol. The molecule has 22 heavy (non-hydrogen) atoms. The highest BCUT2D eigenvalue weighted by Gasteiger charge is 2.37. The smallest absolute Gasteiger partial charge is 0.303 e. The summed E-state index contributed by atoms with van der Waals surface area (Å²) in [4.78, 5) is 22.4. The normalized spacial score (nSPS) is 25.3. The summed E-state index contributed by atoms with van der Waals surface area (Å²) in [5.41, 5.74) is 1.57. The van der Waals surface area contributed by atoms with Gasteiger partial charge in [-0.25, -0.2) is 0 Å². The molecule has 124 valence electrons. The first-order valence-electron chi connectivity index (χ1n) is 7.39. The molecule has 0 aromatic rings. The predicted octanol–water partition coefficient (Wildman–Crippen LogP) is 2.15. The summed E-state index contributed by atoms with van der Waals surface area (Å²) in [5.74, 6) is -0.636. The van der Waals surface area contributed by atoms with Crippen LogP contribution in [0.15, 0.2) is 16.2 Å². The number of carbonyl (C=O) groups is 2. The molecule has 0 aromatic heterocycles. The molecule has 6 nitrogen and oxygen atoms in total. The number of hydrogen-bond donors (Lipinski definition) is 0. The molecule has 0 fully saturated rings. The maximum absolute atomic E-state index is 11.2. The van der Waals surface area contributed by atoms with Crippen molar-refractivity contribution in [3.63, 3.8) is 0 Å². The molecule has 0 aliphatic heterocycles. The van der Waals surface area contributed by atoms with Crippen LogP contribution in [-0.2, 0) is 19.1 Å². The van der Waals surface area contributed by atoms with Gasteiger partial charge in [-0.15, -0.1) is 0 Å². The third-order valence-electron chi connectivity index (χ3n) is 3.88. The Morgan fingerprint density at radius 1 is 1.36 bits per heavy atom. The van der Waals surface area contributed by atoms with Gasteiger partial charge in [-0.2, -0.15) is 5.10 Å². The molecule has 1 rings (SSSR count). The monoisotopic (exact) mass is 310 g/mol. The standard InChI is InChI=1S/C16H26N2O4/c1-11-14(9-21-12(2)19)16(4,10-17-18(5)6)8-7-15(11)22-13(3)20/h10,15H,7-9H2,1-6H3/b17-10+/t15-,16+/m1/s1. The minimum absolute atomic E-state index is 0.189. The molecule has 0 aromatic carbocycles. The average Bonchev–Trinajstić information content (AvgIpc) is 2.39. The van der Waals surface area contributed by atoms with Crippen LogP contribution in [-0.4, -0.2) is 50.0 Å². The van der Waals surface area contributed by atoms with Crippen molar-refractivity contribution < 1.29 is 19.1 Å². The summed E-state index contributed by atoms with van der Waals surface area (Å²) >= 11 is 0. The molecule has 0 unspecified atom stereocenters. The highest BCUT2D eigenvalue weighted by molar-refractivity contribution is 5.72. The number of esters is 2. The summed E-state index contributed by atoms with van der Waals surface area (Å²) in [6.07, 6.45) is 3.12. The molecule has 0 spiro atoms. The van der Waals surface area contributed by atoms with Gasteiger partial charge in [0, 0.05) is 39.6 Å². The van der Waals surface area contributed by atoms with Crippen molar-refractivity contribution in [2.24, 2.45) is 10.5 Å². The van der Waals surface area contributed by atoms with Crippen LogP contribution in [0, 0.1) is 5.41 Å². The van der Waals surface area contributed by atoms with Gasteiger partial charge in [-0.3, -0.25) is 9.59 Å². The van der Waals surface area contributed by atoms with E-state index in [1.54, 1.807) is 5.01 Å². The Morgan fingerprint density at radius 2 is 2.00 bits per heavy atom. The summed E-state index contributed by atoms with van der Waals surface area (Å²) in [7, 11) is 3.71. The Labute approximate surface area is 132 Å². The zero-order valence-electron chi connectivity index (χ0n) is 14.3. The molecule has 1 aliphatic rings. The van der Waals surface area contributed by atoms with E-state index in [1.165, 1.54) is 13.8 Å². The minimum Gasteiger partial charge on any atom is -0.461 e. The van der Waals surface area contributed by atoms with Crippen LogP contribution in [0.3, 0.4) is 0 Å². The highest BCUT2D eigenvalue weighted by Crippen LogP contribution is 2.40. The lowest BCUT2D eigenvalue weighted by molar-refractivity contribution is -0.146. The number of rotatable bonds is 5. The van der Waals surface area contributed by atoms with Crippen molar-refractivity contribution in [1.29, 1.82) is 0 Å². The molecule has 0 bridgehead atoms. The van der Waals surface area contributed by atoms with Crippen LogP contribution < -0.4 is 0 Å². The van der Waals surface area contributed by atoms with Crippen LogP contribution in [0.4, 0.5) is 0 Å². The fourth-order valence-electron chi connectivity index (χ4n) is 2.63. The van der Waals surface area contributed by atoms with Crippen LogP contribution in [0.2, 0.25) is 0 Å². The maximum atomic E-state index is 11.2. The molecule has 0 saturated heterocycles. The topological polar surface area (TPSA) is 68.2 Å². The van der Waals surface area contributed by atoms with Crippen molar-refractivity contribution >= 4 is 18.2 Å². The summed E-state index contributed by atoms with van der Waals surface area (Å²) in [6, 6.07) is 0. The second-order valence-corrected chi connectivity index (χ2v) is 6.09. The van der Waals surface area contributed by atoms with E-state index < -0.39 is 0 Å². The van der Waals surface area contributed by atoms with Crippen LogP contribution in [0.25, 0.3) is 0 Å². The molecule has 0 saturated carbocycles. The van der Waals surface area contributed by atoms with Gasteiger partial charge in [-0.1, -0.05) is 6.92 Å². The third kappa shape index (κ3) is 4.86. The molecule has 0 heterocycles. The van der Waals surface area contributed by atoms with E-state index in [2.05, 4.69) is 12.0 Å². The van der Waals surface area contributed by atoms with Crippen molar-refractivity contribution in [2.75, 3.05) is 20.7 Å². The highest BCUT2D eigenvalue weighted by atomic mass is 16.5. The van der Waals surface area contributed by atoms with E-state index in [1.807, 2.05) is 27.2 Å². The molecule has 0 N–H and O–H groups in total. The van der Waals surface area contributed by atoms with Crippen LogP contribution >= 0.6 is 0 Å². The summed E-state index contributed by atoms with van der Waals surface area (Å²) < 4.78 is 10.6. The second-order valence-electron chi connectivity index (χ2n) is 6.09. The van der Waals surface area contributed by atoms with Gasteiger partial charge < -0.3 is 14.5 Å². The van der Waals surface area contributed by atoms with Gasteiger partial charge >= 0.3 is 11.9 Å². The van der Waals surface area contributed by atoms with Crippen LogP contribution in [0.5, 0.6) is 0 Å². The number of carbonyl (C=O) groups excluding carboxylic acids is 2. The van der Waals surface area contributed by atoms with E-state index in [0.29, 0.717) is 0 Å². The molecule has 1 aliphatic carbocycles. The van der Waals surface area contributed by atoms with E-state index >= 15 is 0 Å². The van der Waals surface area contributed by atoms with Gasteiger partial charge in [0.15, 0.2) is 0 Å².